The third kappa shape index (κ3) is 6.16. The van der Waals surface area contributed by atoms with Crippen LogP contribution in [0.2, 0.25) is 5.02 Å². The molecule has 4 aromatic rings. The molecule has 7 nitrogen and oxygen atoms in total. The molecule has 2 amide bonds. The average Bonchev–Trinajstić information content (AvgIpc) is 3.27. The van der Waals surface area contributed by atoms with E-state index in [9.17, 15) is 19.5 Å². The van der Waals surface area contributed by atoms with Crippen molar-refractivity contribution in [1.29, 1.82) is 0 Å². The molecular formula is C32H27ClN2O5. The Kier molecular flexibility index (Phi) is 8.12. The zero-order chi connectivity index (χ0) is 28.1. The Labute approximate surface area is 237 Å². The fourth-order valence-electron chi connectivity index (χ4n) is 5.01. The number of nitrogens with one attached hydrogen (secondary N) is 1. The number of aliphatic carboxylic acids is 1. The van der Waals surface area contributed by atoms with Gasteiger partial charge >= 0.3 is 12.1 Å². The molecule has 40 heavy (non-hydrogen) atoms. The number of amides is 2. The number of ether oxygens (including phenoxy) is 1. The number of halogens is 1. The van der Waals surface area contributed by atoms with Gasteiger partial charge in [-0.05, 0) is 46.0 Å². The number of carbonyl (C=O) groups excluding carboxylic acids is 2. The third-order valence-corrected chi connectivity index (χ3v) is 7.05. The molecule has 0 heterocycles. The molecule has 5 rings (SSSR count). The summed E-state index contributed by atoms with van der Waals surface area (Å²) in [7, 11) is 0. The van der Waals surface area contributed by atoms with E-state index in [0.29, 0.717) is 5.69 Å². The second-order valence-electron chi connectivity index (χ2n) is 9.54. The maximum absolute atomic E-state index is 13.4. The monoisotopic (exact) mass is 554 g/mol. The summed E-state index contributed by atoms with van der Waals surface area (Å²) in [6, 6.07) is 30.0. The van der Waals surface area contributed by atoms with Crippen LogP contribution in [0.5, 0.6) is 0 Å². The van der Waals surface area contributed by atoms with Gasteiger partial charge in [0.15, 0.2) is 0 Å². The largest absolute Gasteiger partial charge is 0.481 e. The minimum Gasteiger partial charge on any atom is -0.481 e. The lowest BCUT2D eigenvalue weighted by Gasteiger charge is -2.23. The van der Waals surface area contributed by atoms with Crippen LogP contribution >= 0.6 is 11.6 Å². The van der Waals surface area contributed by atoms with Crippen LogP contribution in [0, 0.1) is 0 Å². The number of carboxylic acid groups (broad SMARTS) is 1. The fourth-order valence-corrected chi connectivity index (χ4v) is 5.24. The topological polar surface area (TPSA) is 95.9 Å². The molecule has 0 radical (unpaired) electrons. The molecule has 8 heteroatoms. The molecule has 4 aromatic carbocycles. The van der Waals surface area contributed by atoms with Crippen molar-refractivity contribution in [2.24, 2.45) is 0 Å². The highest BCUT2D eigenvalue weighted by Gasteiger charge is 2.29. The van der Waals surface area contributed by atoms with E-state index in [-0.39, 0.29) is 42.6 Å². The Balaban J connectivity index is 1.29. The molecule has 0 spiro atoms. The van der Waals surface area contributed by atoms with E-state index in [4.69, 9.17) is 16.3 Å². The van der Waals surface area contributed by atoms with Gasteiger partial charge in [0, 0.05) is 35.3 Å². The molecule has 0 fully saturated rings. The molecular weight excluding hydrogens is 528 g/mol. The van der Waals surface area contributed by atoms with Crippen molar-refractivity contribution in [2.75, 3.05) is 18.5 Å². The van der Waals surface area contributed by atoms with Crippen molar-refractivity contribution in [1.82, 2.24) is 4.90 Å². The minimum atomic E-state index is -1.01. The minimum absolute atomic E-state index is 0.0186. The number of carboxylic acids is 1. The summed E-state index contributed by atoms with van der Waals surface area (Å²) in [6.07, 6.45) is -0.876. The lowest BCUT2D eigenvalue weighted by atomic mass is 9.98. The maximum atomic E-state index is 13.4. The Morgan fingerprint density at radius 1 is 0.850 bits per heavy atom. The molecule has 0 bridgehead atoms. The van der Waals surface area contributed by atoms with Crippen molar-refractivity contribution in [2.45, 2.75) is 18.9 Å². The van der Waals surface area contributed by atoms with Crippen molar-refractivity contribution in [3.05, 3.63) is 124 Å². The van der Waals surface area contributed by atoms with Crippen LogP contribution in [0.1, 0.15) is 39.4 Å². The summed E-state index contributed by atoms with van der Waals surface area (Å²) in [5.74, 6) is -1.49. The van der Waals surface area contributed by atoms with Crippen molar-refractivity contribution in [3.8, 4) is 11.1 Å². The van der Waals surface area contributed by atoms with Gasteiger partial charge in [-0.15, -0.1) is 0 Å². The number of fused-ring (bicyclic) bond motifs is 3. The number of anilines is 1. The average molecular weight is 555 g/mol. The number of benzene rings is 4. The number of carbonyl (C=O) groups is 3. The normalized spacial score (nSPS) is 11.8. The molecule has 1 aliphatic rings. The van der Waals surface area contributed by atoms with Crippen LogP contribution in [0.25, 0.3) is 11.1 Å². The fraction of sp³-hybridized carbons (Fsp3) is 0.156. The molecule has 2 N–H and O–H groups in total. The molecule has 0 aliphatic heterocycles. The molecule has 0 unspecified atom stereocenters. The summed E-state index contributed by atoms with van der Waals surface area (Å²) in [5.41, 5.74) is 5.86. The highest BCUT2D eigenvalue weighted by molar-refractivity contribution is 6.31. The standard InChI is InChI=1S/C32H27ClN2O5/c33-23-16-22(31(38)35(15-14-30(36)37)19-21-8-2-1-3-9-21)17-24(18-23)34-32(39)40-20-29-27-12-6-4-10-25(27)26-11-5-7-13-28(26)29/h1-13,16-18,29H,14-15,19-20H2,(H,34,39)(H,36,37). The van der Waals surface area contributed by atoms with Gasteiger partial charge in [-0.25, -0.2) is 4.79 Å². The Morgan fingerprint density at radius 2 is 1.48 bits per heavy atom. The second-order valence-corrected chi connectivity index (χ2v) is 9.97. The third-order valence-electron chi connectivity index (χ3n) is 6.83. The van der Waals surface area contributed by atoms with E-state index >= 15 is 0 Å². The van der Waals surface area contributed by atoms with E-state index in [0.717, 1.165) is 27.8 Å². The maximum Gasteiger partial charge on any atom is 0.411 e. The SMILES string of the molecule is O=C(O)CCN(Cc1ccccc1)C(=O)c1cc(Cl)cc(NC(=O)OCC2c3ccccc3-c3ccccc32)c1. The summed E-state index contributed by atoms with van der Waals surface area (Å²) in [5, 5.41) is 12.1. The Hall–Kier alpha value is -4.62. The lowest BCUT2D eigenvalue weighted by Crippen LogP contribution is -2.32. The second kappa shape index (κ2) is 12.1. The predicted molar refractivity (Wildman–Crippen MR) is 154 cm³/mol. The molecule has 0 aromatic heterocycles. The van der Waals surface area contributed by atoms with Crippen LogP contribution in [0.15, 0.2) is 97.1 Å². The zero-order valence-corrected chi connectivity index (χ0v) is 22.3. The van der Waals surface area contributed by atoms with Crippen LogP contribution in [-0.4, -0.2) is 41.1 Å². The van der Waals surface area contributed by atoms with Crippen molar-refractivity contribution in [3.63, 3.8) is 0 Å². The van der Waals surface area contributed by atoms with Crippen molar-refractivity contribution < 1.29 is 24.2 Å². The molecule has 0 saturated carbocycles. The summed E-state index contributed by atoms with van der Waals surface area (Å²) >= 11 is 6.31. The van der Waals surface area contributed by atoms with Crippen molar-refractivity contribution >= 4 is 35.3 Å². The smallest absolute Gasteiger partial charge is 0.411 e. The summed E-state index contributed by atoms with van der Waals surface area (Å²) < 4.78 is 5.62. The van der Waals surface area contributed by atoms with E-state index < -0.39 is 18.0 Å². The Bertz CT molecular complexity index is 1510. The van der Waals surface area contributed by atoms with Gasteiger partial charge in [0.25, 0.3) is 5.91 Å². The quantitative estimate of drug-likeness (QED) is 0.237. The van der Waals surface area contributed by atoms with E-state index in [1.807, 2.05) is 66.7 Å². The molecule has 0 saturated heterocycles. The van der Waals surface area contributed by atoms with Gasteiger partial charge in [-0.1, -0.05) is 90.5 Å². The molecule has 202 valence electrons. The van der Waals surface area contributed by atoms with E-state index in [1.54, 1.807) is 0 Å². The predicted octanol–water partition coefficient (Wildman–Crippen LogP) is 6.82. The summed E-state index contributed by atoms with van der Waals surface area (Å²) in [6.45, 7) is 0.394. The number of hydrogen-bond acceptors (Lipinski definition) is 4. The molecule has 0 atom stereocenters. The first-order chi connectivity index (χ1) is 19.4. The van der Waals surface area contributed by atoms with Gasteiger partial charge in [0.05, 0.1) is 6.42 Å². The highest BCUT2D eigenvalue weighted by Crippen LogP contribution is 2.44. The molecule has 1 aliphatic carbocycles. The number of nitrogens with zero attached hydrogens (tertiary/aromatic N) is 1. The first-order valence-electron chi connectivity index (χ1n) is 12.9. The number of rotatable bonds is 9. The van der Waals surface area contributed by atoms with Crippen LogP contribution in [0.4, 0.5) is 10.5 Å². The Morgan fingerprint density at radius 3 is 2.12 bits per heavy atom. The lowest BCUT2D eigenvalue weighted by molar-refractivity contribution is -0.137. The zero-order valence-electron chi connectivity index (χ0n) is 21.5. The summed E-state index contributed by atoms with van der Waals surface area (Å²) in [4.78, 5) is 38.9. The van der Waals surface area contributed by atoms with Gasteiger partial charge in [-0.3, -0.25) is 14.9 Å². The van der Waals surface area contributed by atoms with Gasteiger partial charge < -0.3 is 14.7 Å². The van der Waals surface area contributed by atoms with E-state index in [1.165, 1.54) is 23.1 Å². The van der Waals surface area contributed by atoms with Gasteiger partial charge in [0.2, 0.25) is 0 Å². The van der Waals surface area contributed by atoms with Crippen LogP contribution in [0.3, 0.4) is 0 Å². The van der Waals surface area contributed by atoms with Gasteiger partial charge in [0.1, 0.15) is 6.61 Å². The van der Waals surface area contributed by atoms with E-state index in [2.05, 4.69) is 17.4 Å². The highest BCUT2D eigenvalue weighted by atomic mass is 35.5. The van der Waals surface area contributed by atoms with Crippen LogP contribution in [-0.2, 0) is 16.1 Å². The first-order valence-corrected chi connectivity index (χ1v) is 13.2. The van der Waals surface area contributed by atoms with Gasteiger partial charge in [-0.2, -0.15) is 0 Å². The first kappa shape index (κ1) is 27.0. The van der Waals surface area contributed by atoms with Crippen LogP contribution < -0.4 is 5.32 Å². The number of hydrogen-bond donors (Lipinski definition) is 2.